The lowest BCUT2D eigenvalue weighted by Crippen LogP contribution is -2.40. The largest absolute Gasteiger partial charge is 0.493 e. The Hall–Kier alpha value is -4.56. The third-order valence-corrected chi connectivity index (χ3v) is 7.40. The first-order valence-electron chi connectivity index (χ1n) is 11.8. The number of nitrogens with zero attached hydrogens (tertiary/aromatic N) is 2. The first-order chi connectivity index (χ1) is 18.8. The molecule has 2 heterocycles. The van der Waals surface area contributed by atoms with Crippen LogP contribution in [0, 0.1) is 11.3 Å². The first-order valence-corrected chi connectivity index (χ1v) is 12.6. The number of hydrogen-bond acceptors (Lipinski definition) is 10. The van der Waals surface area contributed by atoms with Crippen molar-refractivity contribution in [2.45, 2.75) is 12.8 Å². The molecule has 0 bridgehead atoms. The van der Waals surface area contributed by atoms with E-state index in [1.54, 1.807) is 43.3 Å². The van der Waals surface area contributed by atoms with E-state index in [4.69, 9.17) is 29.4 Å². The van der Waals surface area contributed by atoms with Gasteiger partial charge in [0.15, 0.2) is 23.0 Å². The lowest BCUT2D eigenvalue weighted by molar-refractivity contribution is -0.138. The van der Waals surface area contributed by atoms with Crippen LogP contribution in [0.1, 0.15) is 24.0 Å². The lowest BCUT2D eigenvalue weighted by atomic mass is 9.82. The molecule has 0 aliphatic carbocycles. The molecule has 1 unspecified atom stereocenters. The number of carbonyl (C=O) groups is 2. The number of carbonyl (C=O) groups excluding carboxylic acids is 2. The van der Waals surface area contributed by atoms with Crippen LogP contribution in [-0.4, -0.2) is 51.8 Å². The minimum atomic E-state index is -0.926. The molecule has 2 aliphatic rings. The van der Waals surface area contributed by atoms with Gasteiger partial charge in [-0.2, -0.15) is 5.26 Å². The number of benzene rings is 2. The Bertz CT molecular complexity index is 1470. The quantitative estimate of drug-likeness (QED) is 0.483. The molecule has 0 saturated heterocycles. The predicted octanol–water partition coefficient (Wildman–Crippen LogP) is 3.90. The van der Waals surface area contributed by atoms with Gasteiger partial charge in [-0.05, 0) is 48.4 Å². The Morgan fingerprint density at radius 1 is 1.00 bits per heavy atom. The molecule has 4 rings (SSSR count). The number of methoxy groups -OCH3 is 4. The third kappa shape index (κ3) is 4.86. The van der Waals surface area contributed by atoms with Crippen molar-refractivity contribution < 1.29 is 33.3 Å². The number of nitrogens with two attached hydrogens (primary N) is 1. The lowest BCUT2D eigenvalue weighted by Gasteiger charge is -2.37. The molecule has 2 aliphatic heterocycles. The highest BCUT2D eigenvalue weighted by Gasteiger charge is 2.43. The molecule has 202 valence electrons. The van der Waals surface area contributed by atoms with Crippen molar-refractivity contribution in [1.82, 2.24) is 4.90 Å². The zero-order valence-corrected chi connectivity index (χ0v) is 22.9. The van der Waals surface area contributed by atoms with E-state index in [1.807, 2.05) is 0 Å². The predicted molar refractivity (Wildman–Crippen MR) is 145 cm³/mol. The van der Waals surface area contributed by atoms with Crippen LogP contribution >= 0.6 is 11.8 Å². The Kier molecular flexibility index (Phi) is 8.07. The maximum Gasteiger partial charge on any atom is 0.337 e. The Morgan fingerprint density at radius 2 is 1.62 bits per heavy atom. The number of hydrogen-bond donors (Lipinski definition) is 1. The summed E-state index contributed by atoms with van der Waals surface area (Å²) < 4.78 is 27.0. The molecule has 0 fully saturated rings. The van der Waals surface area contributed by atoms with Gasteiger partial charge in [0.25, 0.3) is 5.91 Å². The van der Waals surface area contributed by atoms with Crippen LogP contribution < -0.4 is 24.7 Å². The van der Waals surface area contributed by atoms with E-state index in [1.165, 1.54) is 51.2 Å². The topological polar surface area (TPSA) is 133 Å². The third-order valence-electron chi connectivity index (χ3n) is 6.23. The van der Waals surface area contributed by atoms with Crippen LogP contribution in [0.4, 0.5) is 0 Å². The fourth-order valence-electron chi connectivity index (χ4n) is 4.43. The van der Waals surface area contributed by atoms with Crippen molar-refractivity contribution in [3.8, 4) is 29.1 Å². The number of rotatable bonds is 8. The summed E-state index contributed by atoms with van der Waals surface area (Å²) >= 11 is 1.17. The molecule has 1 amide bonds. The van der Waals surface area contributed by atoms with E-state index in [2.05, 4.69) is 6.07 Å². The standard InChI is InChI=1S/C28H27N3O7S/c1-6-38-28(33)25-24(16-8-10-19(35-3)21(12-16)37-5)17(14-29)26(30)31-23(32)13-22(39-27(25)31)15-7-9-18(34-2)20(11-15)36-4/h7-13,24H,6,30H2,1-5H3. The summed E-state index contributed by atoms with van der Waals surface area (Å²) in [6, 6.07) is 12.4. The van der Waals surface area contributed by atoms with Crippen molar-refractivity contribution in [3.05, 3.63) is 75.6 Å². The molecule has 2 N–H and O–H groups in total. The molecule has 1 atom stereocenters. The molecule has 0 radical (unpaired) electrons. The zero-order valence-electron chi connectivity index (χ0n) is 22.1. The highest BCUT2D eigenvalue weighted by molar-refractivity contribution is 8.11. The Morgan fingerprint density at radius 3 is 2.21 bits per heavy atom. The van der Waals surface area contributed by atoms with Gasteiger partial charge in [-0.15, -0.1) is 0 Å². The van der Waals surface area contributed by atoms with Gasteiger partial charge in [0.1, 0.15) is 10.9 Å². The van der Waals surface area contributed by atoms with E-state index in [0.29, 0.717) is 39.0 Å². The Labute approximate surface area is 230 Å². The van der Waals surface area contributed by atoms with Crippen LogP contribution in [-0.2, 0) is 14.3 Å². The van der Waals surface area contributed by atoms with E-state index in [9.17, 15) is 14.9 Å². The average Bonchev–Trinajstić information content (AvgIpc) is 2.95. The number of thioether (sulfide) groups is 1. The second kappa shape index (κ2) is 11.4. The van der Waals surface area contributed by atoms with Gasteiger partial charge in [-0.1, -0.05) is 17.8 Å². The molecule has 2 aromatic carbocycles. The summed E-state index contributed by atoms with van der Waals surface area (Å²) in [7, 11) is 6.04. The van der Waals surface area contributed by atoms with E-state index in [-0.39, 0.29) is 28.6 Å². The zero-order chi connectivity index (χ0) is 28.3. The number of esters is 1. The molecule has 0 aromatic heterocycles. The maximum absolute atomic E-state index is 13.5. The number of fused-ring (bicyclic) bond motifs is 1. The van der Waals surface area contributed by atoms with Crippen molar-refractivity contribution in [1.29, 1.82) is 5.26 Å². The number of nitriles is 1. The van der Waals surface area contributed by atoms with E-state index >= 15 is 0 Å². The molecule has 10 nitrogen and oxygen atoms in total. The number of allylic oxidation sites excluding steroid dienone is 1. The second-order valence-electron chi connectivity index (χ2n) is 8.25. The molecule has 11 heteroatoms. The van der Waals surface area contributed by atoms with Gasteiger partial charge in [-0.3, -0.25) is 9.69 Å². The van der Waals surface area contributed by atoms with Gasteiger partial charge in [0.2, 0.25) is 0 Å². The monoisotopic (exact) mass is 549 g/mol. The number of ether oxygens (including phenoxy) is 5. The van der Waals surface area contributed by atoms with Crippen LogP contribution in [0.2, 0.25) is 0 Å². The number of amides is 1. The maximum atomic E-state index is 13.5. The van der Waals surface area contributed by atoms with Crippen LogP contribution in [0.15, 0.2) is 64.5 Å². The fraction of sp³-hybridized carbons (Fsp3) is 0.250. The van der Waals surface area contributed by atoms with E-state index < -0.39 is 17.8 Å². The summed E-state index contributed by atoms with van der Waals surface area (Å²) in [5.74, 6) is -0.299. The summed E-state index contributed by atoms with van der Waals surface area (Å²) in [6.07, 6.45) is 1.40. The van der Waals surface area contributed by atoms with Crippen LogP contribution in [0.25, 0.3) is 4.91 Å². The SMILES string of the molecule is CCOC(=O)C1=C2SC(c3ccc(OC)c(OC)c3)=CC(=O)N2C(N)=C(C#N)C1c1ccc(OC)c(OC)c1. The molecular weight excluding hydrogens is 522 g/mol. The summed E-state index contributed by atoms with van der Waals surface area (Å²) in [6.45, 7) is 1.77. The van der Waals surface area contributed by atoms with Crippen molar-refractivity contribution in [2.24, 2.45) is 5.73 Å². The molecule has 0 spiro atoms. The van der Waals surface area contributed by atoms with Crippen LogP contribution in [0.5, 0.6) is 23.0 Å². The van der Waals surface area contributed by atoms with Crippen molar-refractivity contribution in [3.63, 3.8) is 0 Å². The highest BCUT2D eigenvalue weighted by Crippen LogP contribution is 2.51. The van der Waals surface area contributed by atoms with Gasteiger partial charge >= 0.3 is 5.97 Å². The summed E-state index contributed by atoms with van der Waals surface area (Å²) in [4.78, 5) is 28.7. The molecule has 39 heavy (non-hydrogen) atoms. The summed E-state index contributed by atoms with van der Waals surface area (Å²) in [5, 5.41) is 10.4. The highest BCUT2D eigenvalue weighted by atomic mass is 32.2. The van der Waals surface area contributed by atoms with Gasteiger partial charge in [0.05, 0.1) is 58.2 Å². The minimum absolute atomic E-state index is 0.0333. The van der Waals surface area contributed by atoms with Crippen LogP contribution in [0.3, 0.4) is 0 Å². The molecule has 2 aromatic rings. The van der Waals surface area contributed by atoms with Crippen molar-refractivity contribution >= 4 is 28.5 Å². The Balaban J connectivity index is 1.95. The fourth-order valence-corrected chi connectivity index (χ4v) is 5.63. The smallest absolute Gasteiger partial charge is 0.337 e. The van der Waals surface area contributed by atoms with Gasteiger partial charge < -0.3 is 29.4 Å². The van der Waals surface area contributed by atoms with Gasteiger partial charge in [-0.25, -0.2) is 4.79 Å². The molecular formula is C28H27N3O7S. The minimum Gasteiger partial charge on any atom is -0.493 e. The van der Waals surface area contributed by atoms with Crippen molar-refractivity contribution in [2.75, 3.05) is 35.0 Å². The molecule has 0 saturated carbocycles. The second-order valence-corrected chi connectivity index (χ2v) is 9.28. The average molecular weight is 550 g/mol. The normalized spacial score (nSPS) is 16.7. The summed E-state index contributed by atoms with van der Waals surface area (Å²) in [5.41, 5.74) is 7.78. The first kappa shape index (κ1) is 27.5. The van der Waals surface area contributed by atoms with Gasteiger partial charge in [0, 0.05) is 11.0 Å². The van der Waals surface area contributed by atoms with E-state index in [0.717, 1.165) is 0 Å².